The second kappa shape index (κ2) is 6.72. The van der Waals surface area contributed by atoms with Crippen LogP contribution in [0, 0.1) is 11.8 Å². The summed E-state index contributed by atoms with van der Waals surface area (Å²) in [7, 11) is -2.14. The molecule has 1 saturated carbocycles. The van der Waals surface area contributed by atoms with E-state index in [1.807, 2.05) is 0 Å². The Hall–Kier alpha value is -0.880. The first-order valence-corrected chi connectivity index (χ1v) is 8.89. The maximum absolute atomic E-state index is 12.0. The number of allylic oxidation sites excluding steroid dienone is 2. The second-order valence-corrected chi connectivity index (χ2v) is 7.56. The highest BCUT2D eigenvalue weighted by Crippen LogP contribution is 2.40. The molecule has 2 atom stereocenters. The van der Waals surface area contributed by atoms with Crippen LogP contribution in [-0.2, 0) is 15.0 Å². The number of amides is 1. The first-order valence-electron chi connectivity index (χ1n) is 7.45. The van der Waals surface area contributed by atoms with Crippen LogP contribution >= 0.6 is 0 Å². The van der Waals surface area contributed by atoms with Crippen LogP contribution in [0.2, 0.25) is 0 Å². The molecule has 0 aromatic rings. The molecule has 6 heteroatoms. The zero-order chi connectivity index (χ0) is 14.6. The minimum absolute atomic E-state index is 0.167. The highest BCUT2D eigenvalue weighted by Gasteiger charge is 2.42. The molecule has 1 aliphatic carbocycles. The zero-order valence-corrected chi connectivity index (χ0v) is 12.9. The van der Waals surface area contributed by atoms with E-state index in [-0.39, 0.29) is 17.7 Å². The Morgan fingerprint density at radius 3 is 2.70 bits per heavy atom. The van der Waals surface area contributed by atoms with Crippen LogP contribution in [0.4, 0.5) is 0 Å². The van der Waals surface area contributed by atoms with Gasteiger partial charge in [-0.3, -0.25) is 4.79 Å². The van der Waals surface area contributed by atoms with Crippen LogP contribution in [-0.4, -0.2) is 32.2 Å². The maximum Gasteiger partial charge on any atom is 0.303 e. The normalized spacial score (nSPS) is 34.1. The summed E-state index contributed by atoms with van der Waals surface area (Å²) in [4.78, 5) is 11.9. The van der Waals surface area contributed by atoms with Crippen molar-refractivity contribution >= 4 is 16.1 Å². The third-order valence-corrected chi connectivity index (χ3v) is 5.51. The van der Waals surface area contributed by atoms with E-state index in [0.29, 0.717) is 6.54 Å². The molecule has 0 aromatic carbocycles. The Bertz CT molecular complexity index is 473. The van der Waals surface area contributed by atoms with Crippen LogP contribution in [0.3, 0.4) is 0 Å². The van der Waals surface area contributed by atoms with Crippen LogP contribution in [0.1, 0.15) is 44.9 Å². The Kier molecular flexibility index (Phi) is 5.21. The molecule has 0 radical (unpaired) electrons. The van der Waals surface area contributed by atoms with E-state index in [1.165, 1.54) is 24.2 Å². The van der Waals surface area contributed by atoms with Crippen molar-refractivity contribution in [3.8, 4) is 0 Å². The van der Waals surface area contributed by atoms with Gasteiger partial charge in [0.25, 0.3) is 0 Å². The number of rotatable bonds is 0. The molecular weight excluding hydrogens is 276 g/mol. The Labute approximate surface area is 121 Å². The van der Waals surface area contributed by atoms with Crippen LogP contribution < -0.4 is 4.72 Å². The van der Waals surface area contributed by atoms with Crippen molar-refractivity contribution in [2.75, 3.05) is 13.6 Å². The monoisotopic (exact) mass is 300 g/mol. The van der Waals surface area contributed by atoms with Crippen LogP contribution in [0.25, 0.3) is 0 Å². The lowest BCUT2D eigenvalue weighted by molar-refractivity contribution is -0.120. The van der Waals surface area contributed by atoms with Crippen LogP contribution in [0.15, 0.2) is 12.2 Å². The number of hydrogen-bond donors (Lipinski definition) is 1. The number of carbonyl (C=O) groups is 1. The smallest absolute Gasteiger partial charge is 0.274 e. The lowest BCUT2D eigenvalue weighted by Crippen LogP contribution is -2.42. The van der Waals surface area contributed by atoms with E-state index < -0.39 is 10.2 Å². The van der Waals surface area contributed by atoms with E-state index in [4.69, 9.17) is 0 Å². The van der Waals surface area contributed by atoms with Gasteiger partial charge in [-0.15, -0.1) is 0 Å². The van der Waals surface area contributed by atoms with E-state index >= 15 is 0 Å². The summed E-state index contributed by atoms with van der Waals surface area (Å²) in [6, 6.07) is 0. The molecule has 0 saturated heterocycles. The summed E-state index contributed by atoms with van der Waals surface area (Å²) in [5.41, 5.74) is 0. The first-order chi connectivity index (χ1) is 9.50. The minimum atomic E-state index is -3.66. The van der Waals surface area contributed by atoms with Gasteiger partial charge in [0.15, 0.2) is 0 Å². The van der Waals surface area contributed by atoms with Gasteiger partial charge in [0.1, 0.15) is 0 Å². The summed E-state index contributed by atoms with van der Waals surface area (Å²) in [5, 5.41) is 0. The molecule has 5 nitrogen and oxygen atoms in total. The maximum atomic E-state index is 12.0. The fourth-order valence-corrected chi connectivity index (χ4v) is 3.46. The van der Waals surface area contributed by atoms with Crippen molar-refractivity contribution in [3.05, 3.63) is 12.2 Å². The molecule has 114 valence electrons. The molecule has 1 aliphatic heterocycles. The Morgan fingerprint density at radius 1 is 1.20 bits per heavy atom. The SMILES string of the molecule is CN1CCCCCCC/C=C\[C@@H]2C[C@@H]2C(=O)NS1(=O)=O. The first kappa shape index (κ1) is 15.5. The molecule has 0 unspecified atom stereocenters. The van der Waals surface area contributed by atoms with Gasteiger partial charge in [0.05, 0.1) is 0 Å². The summed E-state index contributed by atoms with van der Waals surface area (Å²) < 4.78 is 27.4. The largest absolute Gasteiger partial charge is 0.303 e. The van der Waals surface area contributed by atoms with Gasteiger partial charge in [0.2, 0.25) is 5.91 Å². The molecule has 20 heavy (non-hydrogen) atoms. The molecule has 1 fully saturated rings. The number of fused-ring (bicyclic) bond motifs is 1. The lowest BCUT2D eigenvalue weighted by Gasteiger charge is -2.17. The fourth-order valence-electron chi connectivity index (χ4n) is 2.53. The predicted octanol–water partition coefficient (Wildman–Crippen LogP) is 1.83. The van der Waals surface area contributed by atoms with Crippen molar-refractivity contribution in [1.29, 1.82) is 0 Å². The topological polar surface area (TPSA) is 66.5 Å². The third-order valence-electron chi connectivity index (χ3n) is 4.04. The van der Waals surface area contributed by atoms with Crippen molar-refractivity contribution < 1.29 is 13.2 Å². The summed E-state index contributed by atoms with van der Waals surface area (Å²) >= 11 is 0. The number of hydrogen-bond acceptors (Lipinski definition) is 3. The molecular formula is C14H24N2O3S. The van der Waals surface area contributed by atoms with Gasteiger partial charge in [-0.1, -0.05) is 31.4 Å². The zero-order valence-electron chi connectivity index (χ0n) is 12.0. The minimum Gasteiger partial charge on any atom is -0.274 e. The van der Waals surface area contributed by atoms with Gasteiger partial charge in [0, 0.05) is 19.5 Å². The van der Waals surface area contributed by atoms with E-state index in [9.17, 15) is 13.2 Å². The van der Waals surface area contributed by atoms with Gasteiger partial charge < -0.3 is 0 Å². The van der Waals surface area contributed by atoms with Gasteiger partial charge >= 0.3 is 10.2 Å². The third kappa shape index (κ3) is 4.31. The highest BCUT2D eigenvalue weighted by molar-refractivity contribution is 7.87. The number of nitrogens with one attached hydrogen (secondary N) is 1. The molecule has 2 rings (SSSR count). The summed E-state index contributed by atoms with van der Waals surface area (Å²) in [5.74, 6) is -0.304. The van der Waals surface area contributed by atoms with E-state index in [1.54, 1.807) is 0 Å². The molecule has 1 N–H and O–H groups in total. The molecule has 1 heterocycles. The molecule has 0 aromatic heterocycles. The van der Waals surface area contributed by atoms with Crippen molar-refractivity contribution in [3.63, 3.8) is 0 Å². The standard InChI is InChI=1S/C14H24N2O3S/c1-16-10-8-6-4-2-3-5-7-9-12-11-13(12)14(17)15-20(16,18)19/h7,9,12-13H,2-6,8,10-11H2,1H3,(H,15,17)/b9-7-/t12-,13+/m1/s1. The highest BCUT2D eigenvalue weighted by atomic mass is 32.2. The second-order valence-electron chi connectivity index (χ2n) is 5.78. The number of nitrogens with zero attached hydrogens (tertiary/aromatic N) is 1. The number of carbonyl (C=O) groups excluding carboxylic acids is 1. The average molecular weight is 300 g/mol. The van der Waals surface area contributed by atoms with Gasteiger partial charge in [-0.05, 0) is 31.6 Å². The van der Waals surface area contributed by atoms with Gasteiger partial charge in [-0.2, -0.15) is 12.7 Å². The fraction of sp³-hybridized carbons (Fsp3) is 0.786. The van der Waals surface area contributed by atoms with Gasteiger partial charge in [-0.25, -0.2) is 4.72 Å². The van der Waals surface area contributed by atoms with Crippen molar-refractivity contribution in [1.82, 2.24) is 9.03 Å². The van der Waals surface area contributed by atoms with Crippen LogP contribution in [0.5, 0.6) is 0 Å². The lowest BCUT2D eigenvalue weighted by atomic mass is 10.1. The Morgan fingerprint density at radius 2 is 1.90 bits per heavy atom. The van der Waals surface area contributed by atoms with E-state index in [2.05, 4.69) is 16.9 Å². The predicted molar refractivity (Wildman–Crippen MR) is 78.1 cm³/mol. The molecule has 0 bridgehead atoms. The van der Waals surface area contributed by atoms with Crippen molar-refractivity contribution in [2.45, 2.75) is 44.9 Å². The quantitative estimate of drug-likeness (QED) is 0.694. The average Bonchev–Trinajstić information content (AvgIpc) is 3.14. The molecule has 0 spiro atoms. The van der Waals surface area contributed by atoms with Crippen molar-refractivity contribution in [2.24, 2.45) is 11.8 Å². The Balaban J connectivity index is 1.99. The molecule has 1 amide bonds. The summed E-state index contributed by atoms with van der Waals surface area (Å²) in [6.07, 6.45) is 11.4. The molecule has 2 aliphatic rings. The van der Waals surface area contributed by atoms with E-state index in [0.717, 1.165) is 32.1 Å². The summed E-state index contributed by atoms with van der Waals surface area (Å²) in [6.45, 7) is 0.467.